The highest BCUT2D eigenvalue weighted by atomic mass is 16.5. The molecule has 6 nitrogen and oxygen atoms in total. The normalized spacial score (nSPS) is 14.9. The third-order valence-corrected chi connectivity index (χ3v) is 7.24. The van der Waals surface area contributed by atoms with Crippen molar-refractivity contribution < 1.29 is 18.7 Å². The van der Waals surface area contributed by atoms with Crippen molar-refractivity contribution in [1.82, 2.24) is 4.90 Å². The van der Waals surface area contributed by atoms with Gasteiger partial charge in [0.25, 0.3) is 5.91 Å². The van der Waals surface area contributed by atoms with Crippen molar-refractivity contribution in [2.45, 2.75) is 58.8 Å². The minimum Gasteiger partial charge on any atom is -0.496 e. The van der Waals surface area contributed by atoms with Crippen LogP contribution in [0, 0.1) is 0 Å². The highest BCUT2D eigenvalue weighted by Crippen LogP contribution is 2.38. The van der Waals surface area contributed by atoms with Crippen molar-refractivity contribution in [2.24, 2.45) is 0 Å². The Morgan fingerprint density at radius 1 is 0.923 bits per heavy atom. The summed E-state index contributed by atoms with van der Waals surface area (Å²) >= 11 is 0. The summed E-state index contributed by atoms with van der Waals surface area (Å²) in [7, 11) is 1.67. The fourth-order valence-electron chi connectivity index (χ4n) is 5.17. The molecule has 0 bridgehead atoms. The fraction of sp³-hybridized carbons (Fsp3) is 0.303. The summed E-state index contributed by atoms with van der Waals surface area (Å²) in [5.74, 6) is 3.02. The van der Waals surface area contributed by atoms with Crippen molar-refractivity contribution in [2.75, 3.05) is 12.4 Å². The van der Waals surface area contributed by atoms with Crippen molar-refractivity contribution >= 4 is 11.6 Å². The van der Waals surface area contributed by atoms with E-state index in [1.54, 1.807) is 18.3 Å². The van der Waals surface area contributed by atoms with E-state index in [2.05, 4.69) is 57.3 Å². The number of methoxy groups -OCH3 is 1. The van der Waals surface area contributed by atoms with Gasteiger partial charge in [-0.25, -0.2) is 0 Å². The lowest BCUT2D eigenvalue weighted by Crippen LogP contribution is -2.42. The van der Waals surface area contributed by atoms with Gasteiger partial charge in [-0.3, -0.25) is 4.79 Å². The molecule has 6 heteroatoms. The quantitative estimate of drug-likeness (QED) is 0.241. The molecule has 202 valence electrons. The zero-order valence-electron chi connectivity index (χ0n) is 23.2. The van der Waals surface area contributed by atoms with E-state index in [1.807, 2.05) is 48.5 Å². The van der Waals surface area contributed by atoms with Crippen LogP contribution in [0.4, 0.5) is 5.69 Å². The van der Waals surface area contributed by atoms with Crippen molar-refractivity contribution in [3.05, 3.63) is 113 Å². The first-order chi connectivity index (χ1) is 18.9. The van der Waals surface area contributed by atoms with E-state index in [9.17, 15) is 4.79 Å². The maximum atomic E-state index is 13.6. The van der Waals surface area contributed by atoms with Crippen LogP contribution in [0.25, 0.3) is 0 Å². The Morgan fingerprint density at radius 2 is 1.67 bits per heavy atom. The molecule has 1 aliphatic heterocycles. The van der Waals surface area contributed by atoms with Crippen molar-refractivity contribution in [3.8, 4) is 11.5 Å². The lowest BCUT2D eigenvalue weighted by atomic mass is 9.94. The number of para-hydroxylation sites is 2. The number of fused-ring (bicyclic) bond motifs is 1. The van der Waals surface area contributed by atoms with E-state index >= 15 is 0 Å². The molecule has 0 radical (unpaired) electrons. The first-order valence-corrected chi connectivity index (χ1v) is 13.5. The zero-order chi connectivity index (χ0) is 27.5. The van der Waals surface area contributed by atoms with Gasteiger partial charge in [0.2, 0.25) is 0 Å². The van der Waals surface area contributed by atoms with Gasteiger partial charge in [-0.15, -0.1) is 0 Å². The topological polar surface area (TPSA) is 63.9 Å². The standard InChI is InChI=1S/C33H36N2O4/c1-21(2)26-12-8-13-27(22(3)4)31(26)39-20-24-18-23(15-16-30(24)37-5)32-34-29-14-7-6-11-28(29)33(36)35(32)19-25-10-9-17-38-25/h6-18,21-22,32,34H,19-20H2,1-5H3. The molecule has 0 saturated carbocycles. The third kappa shape index (κ3) is 5.37. The van der Waals surface area contributed by atoms with Gasteiger partial charge in [0.05, 0.1) is 25.5 Å². The Kier molecular flexibility index (Phi) is 7.64. The van der Waals surface area contributed by atoms with Crippen LogP contribution in [0.15, 0.2) is 83.5 Å². The molecule has 3 aromatic carbocycles. The molecule has 0 saturated heterocycles. The molecule has 0 spiro atoms. The molecule has 0 fully saturated rings. The van der Waals surface area contributed by atoms with Crippen molar-refractivity contribution in [3.63, 3.8) is 0 Å². The molecular weight excluding hydrogens is 488 g/mol. The molecule has 39 heavy (non-hydrogen) atoms. The summed E-state index contributed by atoms with van der Waals surface area (Å²) in [5.41, 5.74) is 5.68. The molecular formula is C33H36N2O4. The predicted octanol–water partition coefficient (Wildman–Crippen LogP) is 7.88. The van der Waals surface area contributed by atoms with E-state index in [0.717, 1.165) is 34.1 Å². The lowest BCUT2D eigenvalue weighted by molar-refractivity contribution is 0.0651. The summed E-state index contributed by atoms with van der Waals surface area (Å²) in [6, 6.07) is 23.7. The number of furan rings is 1. The number of carbonyl (C=O) groups excluding carboxylic acids is 1. The number of anilines is 1. The minimum absolute atomic E-state index is 0.0493. The Balaban J connectivity index is 1.50. The fourth-order valence-corrected chi connectivity index (χ4v) is 5.17. The average molecular weight is 525 g/mol. The maximum Gasteiger partial charge on any atom is 0.258 e. The molecule has 1 aromatic heterocycles. The first kappa shape index (κ1) is 26.4. The van der Waals surface area contributed by atoms with Gasteiger partial charge >= 0.3 is 0 Å². The Bertz CT molecular complexity index is 1420. The van der Waals surface area contributed by atoms with Crippen LogP contribution < -0.4 is 14.8 Å². The lowest BCUT2D eigenvalue weighted by Gasteiger charge is -2.38. The maximum absolute atomic E-state index is 13.6. The van der Waals surface area contributed by atoms with E-state index in [-0.39, 0.29) is 5.91 Å². The van der Waals surface area contributed by atoms with Crippen LogP contribution in [0.1, 0.15) is 84.1 Å². The predicted molar refractivity (Wildman–Crippen MR) is 153 cm³/mol. The molecule has 1 amide bonds. The second-order valence-corrected chi connectivity index (χ2v) is 10.5. The largest absolute Gasteiger partial charge is 0.496 e. The molecule has 1 N–H and O–H groups in total. The SMILES string of the molecule is COc1ccc(C2Nc3ccccc3C(=O)N2Cc2ccco2)cc1COc1c(C(C)C)cccc1C(C)C. The molecule has 1 unspecified atom stereocenters. The summed E-state index contributed by atoms with van der Waals surface area (Å²) in [6.07, 6.45) is 1.24. The number of ether oxygens (including phenoxy) is 2. The summed E-state index contributed by atoms with van der Waals surface area (Å²) < 4.78 is 17.9. The van der Waals surface area contributed by atoms with Gasteiger partial charge in [0, 0.05) is 11.3 Å². The van der Waals surface area contributed by atoms with E-state index in [1.165, 1.54) is 11.1 Å². The van der Waals surface area contributed by atoms with Crippen LogP contribution in [0.3, 0.4) is 0 Å². The van der Waals surface area contributed by atoms with Crippen LogP contribution in [0.5, 0.6) is 11.5 Å². The highest BCUT2D eigenvalue weighted by Gasteiger charge is 2.33. The second kappa shape index (κ2) is 11.3. The molecule has 2 heterocycles. The molecule has 4 aromatic rings. The summed E-state index contributed by atoms with van der Waals surface area (Å²) in [4.78, 5) is 15.4. The summed E-state index contributed by atoms with van der Waals surface area (Å²) in [5, 5.41) is 3.57. The van der Waals surface area contributed by atoms with Crippen LogP contribution in [-0.2, 0) is 13.2 Å². The van der Waals surface area contributed by atoms with Crippen LogP contribution in [-0.4, -0.2) is 17.9 Å². The molecule has 0 aliphatic carbocycles. The number of amides is 1. The van der Waals surface area contributed by atoms with Gasteiger partial charge in [0.1, 0.15) is 30.0 Å². The van der Waals surface area contributed by atoms with Gasteiger partial charge in [-0.1, -0.05) is 64.1 Å². The smallest absolute Gasteiger partial charge is 0.258 e. The van der Waals surface area contributed by atoms with E-state index in [0.29, 0.717) is 30.6 Å². The van der Waals surface area contributed by atoms with Crippen LogP contribution >= 0.6 is 0 Å². The number of nitrogens with zero attached hydrogens (tertiary/aromatic N) is 1. The average Bonchev–Trinajstić information content (AvgIpc) is 3.46. The molecule has 5 rings (SSSR count). The Morgan fingerprint density at radius 3 is 2.33 bits per heavy atom. The third-order valence-electron chi connectivity index (χ3n) is 7.24. The number of carbonyl (C=O) groups is 1. The first-order valence-electron chi connectivity index (χ1n) is 13.5. The molecule has 1 atom stereocenters. The summed E-state index contributed by atoms with van der Waals surface area (Å²) in [6.45, 7) is 9.43. The number of nitrogens with one attached hydrogen (secondary N) is 1. The van der Waals surface area contributed by atoms with Crippen LogP contribution in [0.2, 0.25) is 0 Å². The number of rotatable bonds is 9. The second-order valence-electron chi connectivity index (χ2n) is 10.5. The number of hydrogen-bond donors (Lipinski definition) is 1. The van der Waals surface area contributed by atoms with Crippen molar-refractivity contribution in [1.29, 1.82) is 0 Å². The number of benzene rings is 3. The van der Waals surface area contributed by atoms with E-state index < -0.39 is 6.17 Å². The zero-order valence-corrected chi connectivity index (χ0v) is 23.2. The van der Waals surface area contributed by atoms with Gasteiger partial charge in [-0.2, -0.15) is 0 Å². The number of hydrogen-bond acceptors (Lipinski definition) is 5. The molecule has 1 aliphatic rings. The minimum atomic E-state index is -0.392. The van der Waals surface area contributed by atoms with Gasteiger partial charge in [0.15, 0.2) is 0 Å². The van der Waals surface area contributed by atoms with E-state index in [4.69, 9.17) is 13.9 Å². The highest BCUT2D eigenvalue weighted by molar-refractivity contribution is 6.01. The monoisotopic (exact) mass is 524 g/mol. The Labute approximate surface area is 230 Å². The van der Waals surface area contributed by atoms with Gasteiger partial charge in [-0.05, 0) is 64.9 Å². The Hall–Kier alpha value is -4.19. The van der Waals surface area contributed by atoms with Gasteiger partial charge < -0.3 is 24.1 Å².